The lowest BCUT2D eigenvalue weighted by molar-refractivity contribution is -0.140. The van der Waals surface area contributed by atoms with E-state index in [0.717, 1.165) is 5.56 Å². The number of aliphatic hydroxyl groups is 1. The predicted octanol–water partition coefficient (Wildman–Crippen LogP) is 3.11. The van der Waals surface area contributed by atoms with Crippen molar-refractivity contribution in [2.24, 2.45) is 0 Å². The molecule has 1 fully saturated rings. The number of amides is 1. The smallest absolute Gasteiger partial charge is 0.295 e. The van der Waals surface area contributed by atoms with Crippen molar-refractivity contribution < 1.29 is 19.4 Å². The Balaban J connectivity index is 1.88. The minimum atomic E-state index is -0.758. The van der Waals surface area contributed by atoms with Gasteiger partial charge >= 0.3 is 0 Å². The van der Waals surface area contributed by atoms with Gasteiger partial charge in [-0.05, 0) is 47.5 Å². The highest BCUT2D eigenvalue weighted by Crippen LogP contribution is 2.41. The summed E-state index contributed by atoms with van der Waals surface area (Å²) in [4.78, 5) is 35.5. The molecule has 1 atom stereocenters. The Morgan fingerprint density at radius 2 is 1.63 bits per heavy atom. The molecular formula is C23H19N3O4. The van der Waals surface area contributed by atoms with Crippen LogP contribution in [-0.4, -0.2) is 38.8 Å². The summed E-state index contributed by atoms with van der Waals surface area (Å²) in [7, 11) is 1.48. The molecule has 150 valence electrons. The number of hydrogen-bond acceptors (Lipinski definition) is 6. The quantitative estimate of drug-likeness (QED) is 0.401. The Kier molecular flexibility index (Phi) is 5.26. The standard InChI is InChI=1S/C23H19N3O4/c1-30-18-5-3-2-4-17(18)21(27)19-20(16-8-12-25-13-9-16)26(23(29)22(19)28)14-15-6-10-24-11-7-15/h2-13,20,27H,14H2,1H3/b21-19-. The molecule has 1 unspecified atom stereocenters. The molecule has 4 rings (SSSR count). The SMILES string of the molecule is COc1ccccc1/C(O)=C1/C(=O)C(=O)N(Cc2ccncc2)C1c1ccncc1. The fourth-order valence-electron chi connectivity index (χ4n) is 3.61. The lowest BCUT2D eigenvalue weighted by Crippen LogP contribution is -2.29. The maximum atomic E-state index is 13.0. The number of carbonyl (C=O) groups is 2. The van der Waals surface area contributed by atoms with Crippen LogP contribution in [0.4, 0.5) is 0 Å². The van der Waals surface area contributed by atoms with Crippen LogP contribution in [0.1, 0.15) is 22.7 Å². The van der Waals surface area contributed by atoms with E-state index in [0.29, 0.717) is 16.9 Å². The van der Waals surface area contributed by atoms with Crippen molar-refractivity contribution in [3.63, 3.8) is 0 Å². The zero-order valence-corrected chi connectivity index (χ0v) is 16.2. The Bertz CT molecular complexity index is 1110. The van der Waals surface area contributed by atoms with Gasteiger partial charge in [0.1, 0.15) is 11.5 Å². The van der Waals surface area contributed by atoms with Crippen LogP contribution in [0.3, 0.4) is 0 Å². The van der Waals surface area contributed by atoms with Gasteiger partial charge in [0.15, 0.2) is 0 Å². The van der Waals surface area contributed by atoms with Gasteiger partial charge in [-0.25, -0.2) is 0 Å². The number of carbonyl (C=O) groups excluding carboxylic acids is 2. The van der Waals surface area contributed by atoms with E-state index < -0.39 is 17.7 Å². The Morgan fingerprint density at radius 3 is 2.30 bits per heavy atom. The summed E-state index contributed by atoms with van der Waals surface area (Å²) in [6, 6.07) is 13.1. The van der Waals surface area contributed by atoms with Crippen molar-refractivity contribution in [2.45, 2.75) is 12.6 Å². The molecule has 1 N–H and O–H groups in total. The number of aliphatic hydroxyl groups excluding tert-OH is 1. The van der Waals surface area contributed by atoms with Gasteiger partial charge in [0.25, 0.3) is 11.7 Å². The molecule has 1 aliphatic heterocycles. The highest BCUT2D eigenvalue weighted by molar-refractivity contribution is 6.46. The molecule has 2 aromatic heterocycles. The molecule has 0 saturated carbocycles. The van der Waals surface area contributed by atoms with E-state index in [9.17, 15) is 14.7 Å². The van der Waals surface area contributed by atoms with E-state index in [-0.39, 0.29) is 17.9 Å². The van der Waals surface area contributed by atoms with Gasteiger partial charge < -0.3 is 14.7 Å². The second kappa shape index (κ2) is 8.16. The number of benzene rings is 1. The van der Waals surface area contributed by atoms with Crippen LogP contribution >= 0.6 is 0 Å². The van der Waals surface area contributed by atoms with Gasteiger partial charge in [0, 0.05) is 31.3 Å². The van der Waals surface area contributed by atoms with Crippen LogP contribution in [0.25, 0.3) is 5.76 Å². The Labute approximate surface area is 173 Å². The zero-order chi connectivity index (χ0) is 21.1. The number of ketones is 1. The number of pyridine rings is 2. The van der Waals surface area contributed by atoms with Crippen molar-refractivity contribution in [2.75, 3.05) is 7.11 Å². The van der Waals surface area contributed by atoms with Crippen molar-refractivity contribution in [3.05, 3.63) is 95.6 Å². The van der Waals surface area contributed by atoms with Gasteiger partial charge in [0.2, 0.25) is 0 Å². The number of Topliss-reactive ketones (excluding diaryl/α,β-unsaturated/α-hetero) is 1. The number of hydrogen-bond donors (Lipinski definition) is 1. The summed E-state index contributed by atoms with van der Waals surface area (Å²) in [6.45, 7) is 0.197. The van der Waals surface area contributed by atoms with E-state index >= 15 is 0 Å². The van der Waals surface area contributed by atoms with Crippen molar-refractivity contribution in [1.82, 2.24) is 14.9 Å². The van der Waals surface area contributed by atoms with Gasteiger partial charge in [-0.15, -0.1) is 0 Å². The molecule has 7 nitrogen and oxygen atoms in total. The number of ether oxygens (including phenoxy) is 1. The molecule has 3 heterocycles. The van der Waals surface area contributed by atoms with Gasteiger partial charge in [-0.2, -0.15) is 0 Å². The summed E-state index contributed by atoms with van der Waals surface area (Å²) >= 11 is 0. The third kappa shape index (κ3) is 3.41. The predicted molar refractivity (Wildman–Crippen MR) is 109 cm³/mol. The van der Waals surface area contributed by atoms with E-state index in [2.05, 4.69) is 9.97 Å². The molecule has 1 aliphatic rings. The molecule has 1 saturated heterocycles. The fourth-order valence-corrected chi connectivity index (χ4v) is 3.61. The van der Waals surface area contributed by atoms with Crippen LogP contribution in [0, 0.1) is 0 Å². The number of aromatic nitrogens is 2. The Morgan fingerprint density at radius 1 is 1.00 bits per heavy atom. The number of likely N-dealkylation sites (tertiary alicyclic amines) is 1. The monoisotopic (exact) mass is 401 g/mol. The first-order valence-electron chi connectivity index (χ1n) is 9.32. The first-order valence-corrected chi connectivity index (χ1v) is 9.32. The lowest BCUT2D eigenvalue weighted by atomic mass is 9.95. The average Bonchev–Trinajstić information content (AvgIpc) is 3.04. The highest BCUT2D eigenvalue weighted by atomic mass is 16.5. The van der Waals surface area contributed by atoms with Crippen molar-refractivity contribution >= 4 is 17.4 Å². The fraction of sp³-hybridized carbons (Fsp3) is 0.130. The first kappa shape index (κ1) is 19.3. The molecule has 7 heteroatoms. The minimum Gasteiger partial charge on any atom is -0.507 e. The molecule has 0 aliphatic carbocycles. The number of rotatable bonds is 5. The van der Waals surface area contributed by atoms with Crippen LogP contribution in [0.15, 0.2) is 78.9 Å². The maximum Gasteiger partial charge on any atom is 0.295 e. The van der Waals surface area contributed by atoms with Crippen LogP contribution in [0.2, 0.25) is 0 Å². The average molecular weight is 401 g/mol. The maximum absolute atomic E-state index is 13.0. The highest BCUT2D eigenvalue weighted by Gasteiger charge is 2.46. The van der Waals surface area contributed by atoms with Crippen LogP contribution in [0.5, 0.6) is 5.75 Å². The summed E-state index contributed by atoms with van der Waals surface area (Å²) in [5.74, 6) is -1.28. The second-order valence-electron chi connectivity index (χ2n) is 6.76. The van der Waals surface area contributed by atoms with Crippen molar-refractivity contribution in [1.29, 1.82) is 0 Å². The van der Waals surface area contributed by atoms with E-state index in [1.807, 2.05) is 0 Å². The van der Waals surface area contributed by atoms with E-state index in [1.54, 1.807) is 73.3 Å². The summed E-state index contributed by atoms with van der Waals surface area (Å²) in [6.07, 6.45) is 6.43. The molecule has 0 bridgehead atoms. The van der Waals surface area contributed by atoms with Crippen LogP contribution in [-0.2, 0) is 16.1 Å². The number of methoxy groups -OCH3 is 1. The zero-order valence-electron chi connectivity index (χ0n) is 16.2. The minimum absolute atomic E-state index is 0.0183. The van der Waals surface area contributed by atoms with E-state index in [4.69, 9.17) is 4.74 Å². The molecule has 3 aromatic rings. The molecule has 30 heavy (non-hydrogen) atoms. The second-order valence-corrected chi connectivity index (χ2v) is 6.76. The van der Waals surface area contributed by atoms with Gasteiger partial charge in [-0.3, -0.25) is 19.6 Å². The first-order chi connectivity index (χ1) is 14.6. The topological polar surface area (TPSA) is 92.6 Å². The molecule has 1 amide bonds. The third-order valence-corrected chi connectivity index (χ3v) is 5.03. The van der Waals surface area contributed by atoms with E-state index in [1.165, 1.54) is 12.0 Å². The third-order valence-electron chi connectivity index (χ3n) is 5.03. The molecular weight excluding hydrogens is 382 g/mol. The Hall–Kier alpha value is -4.00. The normalized spacial score (nSPS) is 17.9. The largest absolute Gasteiger partial charge is 0.507 e. The summed E-state index contributed by atoms with van der Waals surface area (Å²) < 4.78 is 5.33. The molecule has 0 radical (unpaired) electrons. The molecule has 1 aromatic carbocycles. The number of nitrogens with zero attached hydrogens (tertiary/aromatic N) is 3. The summed E-state index contributed by atoms with van der Waals surface area (Å²) in [5.41, 5.74) is 1.86. The van der Waals surface area contributed by atoms with Crippen molar-refractivity contribution in [3.8, 4) is 5.75 Å². The van der Waals surface area contributed by atoms with Gasteiger partial charge in [0.05, 0.1) is 24.3 Å². The summed E-state index contributed by atoms with van der Waals surface area (Å²) in [5, 5.41) is 11.1. The lowest BCUT2D eigenvalue weighted by Gasteiger charge is -2.25. The van der Waals surface area contributed by atoms with Crippen LogP contribution < -0.4 is 4.74 Å². The molecule has 0 spiro atoms. The number of para-hydroxylation sites is 1. The van der Waals surface area contributed by atoms with Gasteiger partial charge in [-0.1, -0.05) is 12.1 Å².